The third-order valence-corrected chi connectivity index (χ3v) is 4.01. The minimum absolute atomic E-state index is 0.109. The Labute approximate surface area is 143 Å². The van der Waals surface area contributed by atoms with Gasteiger partial charge in [0.15, 0.2) is 11.6 Å². The monoisotopic (exact) mass is 351 g/mol. The minimum atomic E-state index is -2.98. The lowest BCUT2D eigenvalue weighted by molar-refractivity contribution is -0.0494. The number of alkyl halides is 2. The van der Waals surface area contributed by atoms with Gasteiger partial charge >= 0.3 is 6.61 Å². The number of anilines is 2. The Bertz CT molecular complexity index is 753. The molecule has 134 valence electrons. The number of nitrogen functional groups attached to an aromatic ring is 1. The van der Waals surface area contributed by atoms with E-state index in [-0.39, 0.29) is 24.1 Å². The first-order valence-electron chi connectivity index (χ1n) is 7.94. The van der Waals surface area contributed by atoms with E-state index in [2.05, 4.69) is 19.7 Å². The van der Waals surface area contributed by atoms with Crippen LogP contribution in [0.25, 0.3) is 11.3 Å². The van der Waals surface area contributed by atoms with Crippen molar-refractivity contribution in [3.8, 4) is 17.0 Å². The van der Waals surface area contributed by atoms with Crippen LogP contribution in [0.5, 0.6) is 5.75 Å². The summed E-state index contributed by atoms with van der Waals surface area (Å²) in [5.74, 6) is 1.32. The van der Waals surface area contributed by atoms with Crippen molar-refractivity contribution in [1.29, 1.82) is 0 Å². The largest absolute Gasteiger partial charge is 0.431 e. The van der Waals surface area contributed by atoms with Gasteiger partial charge in [-0.1, -0.05) is 6.92 Å². The van der Waals surface area contributed by atoms with E-state index in [0.717, 1.165) is 18.9 Å². The summed E-state index contributed by atoms with van der Waals surface area (Å²) in [6.45, 7) is 0.530. The van der Waals surface area contributed by atoms with Crippen LogP contribution in [0.1, 0.15) is 12.7 Å². The number of nitrogens with zero attached hydrogens (tertiary/aromatic N) is 4. The van der Waals surface area contributed by atoms with Gasteiger partial charge in [-0.15, -0.1) is 0 Å². The average molecular weight is 351 g/mol. The Hall–Kier alpha value is -2.55. The number of aliphatic hydroxyl groups excluding tert-OH is 1. The van der Waals surface area contributed by atoms with Gasteiger partial charge in [-0.25, -0.2) is 15.0 Å². The van der Waals surface area contributed by atoms with Crippen LogP contribution in [-0.2, 0) is 6.42 Å². The molecule has 2 aromatic heterocycles. The van der Waals surface area contributed by atoms with Gasteiger partial charge in [-0.05, 0) is 6.07 Å². The summed E-state index contributed by atoms with van der Waals surface area (Å²) < 4.78 is 29.4. The first-order chi connectivity index (χ1) is 12.0. The predicted octanol–water partition coefficient (Wildman–Crippen LogP) is 1.71. The molecule has 0 aliphatic carbocycles. The van der Waals surface area contributed by atoms with Gasteiger partial charge in [0.1, 0.15) is 11.6 Å². The number of aromatic nitrogens is 3. The van der Waals surface area contributed by atoms with Crippen molar-refractivity contribution in [3.63, 3.8) is 0 Å². The number of halogens is 2. The second kappa shape index (κ2) is 7.14. The Morgan fingerprint density at radius 2 is 2.12 bits per heavy atom. The SMILES string of the molecule is CCc1nc(-c2cnc(N)c(OC(F)F)c2)cc(N2CC(CO)C2)n1. The number of aryl methyl sites for hydroxylation is 1. The van der Waals surface area contributed by atoms with Crippen molar-refractivity contribution in [2.75, 3.05) is 30.3 Å². The van der Waals surface area contributed by atoms with Crippen molar-refractivity contribution < 1.29 is 18.6 Å². The quantitative estimate of drug-likeness (QED) is 0.818. The molecule has 0 amide bonds. The van der Waals surface area contributed by atoms with Gasteiger partial charge in [-0.3, -0.25) is 0 Å². The minimum Gasteiger partial charge on any atom is -0.431 e. The van der Waals surface area contributed by atoms with Crippen LogP contribution in [0.2, 0.25) is 0 Å². The molecule has 1 aliphatic heterocycles. The Kier molecular flexibility index (Phi) is 4.93. The fourth-order valence-electron chi connectivity index (χ4n) is 2.61. The van der Waals surface area contributed by atoms with Crippen LogP contribution in [0.3, 0.4) is 0 Å². The Morgan fingerprint density at radius 1 is 1.36 bits per heavy atom. The molecule has 1 saturated heterocycles. The number of aliphatic hydroxyl groups is 1. The van der Waals surface area contributed by atoms with E-state index >= 15 is 0 Å². The molecule has 25 heavy (non-hydrogen) atoms. The summed E-state index contributed by atoms with van der Waals surface area (Å²) in [7, 11) is 0. The summed E-state index contributed by atoms with van der Waals surface area (Å²) in [4.78, 5) is 14.9. The van der Waals surface area contributed by atoms with E-state index in [0.29, 0.717) is 23.5 Å². The Balaban J connectivity index is 1.94. The summed E-state index contributed by atoms with van der Waals surface area (Å²) >= 11 is 0. The molecule has 0 spiro atoms. The number of hydrogen-bond acceptors (Lipinski definition) is 7. The molecule has 3 N–H and O–H groups in total. The van der Waals surface area contributed by atoms with Gasteiger partial charge in [0.05, 0.1) is 5.69 Å². The van der Waals surface area contributed by atoms with Crippen molar-refractivity contribution in [1.82, 2.24) is 15.0 Å². The average Bonchev–Trinajstić information content (AvgIpc) is 2.55. The first-order valence-corrected chi connectivity index (χ1v) is 7.94. The van der Waals surface area contributed by atoms with E-state index in [1.54, 1.807) is 6.07 Å². The molecular weight excluding hydrogens is 332 g/mol. The molecule has 0 aromatic carbocycles. The zero-order valence-electron chi connectivity index (χ0n) is 13.7. The molecule has 0 saturated carbocycles. The molecule has 3 heterocycles. The van der Waals surface area contributed by atoms with Gasteiger partial charge in [0.2, 0.25) is 0 Å². The molecule has 2 aromatic rings. The molecule has 0 radical (unpaired) electrons. The van der Waals surface area contributed by atoms with Crippen LogP contribution < -0.4 is 15.4 Å². The first kappa shape index (κ1) is 17.3. The van der Waals surface area contributed by atoms with Crippen LogP contribution in [0, 0.1) is 5.92 Å². The zero-order valence-corrected chi connectivity index (χ0v) is 13.7. The van der Waals surface area contributed by atoms with Crippen molar-refractivity contribution in [2.45, 2.75) is 20.0 Å². The molecule has 7 nitrogen and oxygen atoms in total. The maximum Gasteiger partial charge on any atom is 0.387 e. The fraction of sp³-hybridized carbons (Fsp3) is 0.438. The highest BCUT2D eigenvalue weighted by Gasteiger charge is 2.27. The van der Waals surface area contributed by atoms with Crippen molar-refractivity contribution >= 4 is 11.6 Å². The lowest BCUT2D eigenvalue weighted by Crippen LogP contribution is -2.48. The zero-order chi connectivity index (χ0) is 18.0. The number of rotatable bonds is 6. The van der Waals surface area contributed by atoms with Crippen molar-refractivity contribution in [3.05, 3.63) is 24.2 Å². The number of ether oxygens (including phenoxy) is 1. The van der Waals surface area contributed by atoms with Gasteiger partial charge in [-0.2, -0.15) is 8.78 Å². The maximum atomic E-state index is 12.5. The molecule has 1 aliphatic rings. The molecule has 0 unspecified atom stereocenters. The summed E-state index contributed by atoms with van der Waals surface area (Å²) in [5, 5.41) is 9.16. The second-order valence-electron chi connectivity index (χ2n) is 5.82. The number of pyridine rings is 1. The maximum absolute atomic E-state index is 12.5. The smallest absolute Gasteiger partial charge is 0.387 e. The summed E-state index contributed by atoms with van der Waals surface area (Å²) in [6.07, 6.45) is 2.09. The third kappa shape index (κ3) is 3.76. The predicted molar refractivity (Wildman–Crippen MR) is 88.5 cm³/mol. The van der Waals surface area contributed by atoms with Crippen molar-refractivity contribution in [2.24, 2.45) is 5.92 Å². The highest BCUT2D eigenvalue weighted by atomic mass is 19.3. The van der Waals surface area contributed by atoms with Crippen LogP contribution >= 0.6 is 0 Å². The van der Waals surface area contributed by atoms with Crippen LogP contribution in [0.15, 0.2) is 18.3 Å². The molecule has 9 heteroatoms. The summed E-state index contributed by atoms with van der Waals surface area (Å²) in [5.41, 5.74) is 6.65. The molecule has 1 fully saturated rings. The molecule has 3 rings (SSSR count). The van der Waals surface area contributed by atoms with E-state index in [1.165, 1.54) is 12.3 Å². The third-order valence-electron chi connectivity index (χ3n) is 4.01. The van der Waals surface area contributed by atoms with Gasteiger partial charge in [0, 0.05) is 49.9 Å². The lowest BCUT2D eigenvalue weighted by atomic mass is 10.0. The number of nitrogens with two attached hydrogens (primary N) is 1. The van der Waals surface area contributed by atoms with E-state index in [4.69, 9.17) is 10.8 Å². The molecule has 0 bridgehead atoms. The summed E-state index contributed by atoms with van der Waals surface area (Å²) in [6, 6.07) is 3.17. The van der Waals surface area contributed by atoms with E-state index in [9.17, 15) is 8.78 Å². The standard InChI is InChI=1S/C16H19F2N5O2/c1-2-13-21-11(4-14(22-13)23-6-9(7-23)8-24)10-3-12(25-16(17)18)15(19)20-5-10/h3-5,9,16,24H,2,6-8H2,1H3,(H2,19,20). The highest BCUT2D eigenvalue weighted by molar-refractivity contribution is 5.66. The Morgan fingerprint density at radius 3 is 2.76 bits per heavy atom. The molecular formula is C16H19F2N5O2. The highest BCUT2D eigenvalue weighted by Crippen LogP contribution is 2.30. The normalized spacial score (nSPS) is 14.7. The van der Waals surface area contributed by atoms with E-state index < -0.39 is 6.61 Å². The number of hydrogen-bond donors (Lipinski definition) is 2. The van der Waals surface area contributed by atoms with Gasteiger partial charge in [0.25, 0.3) is 0 Å². The van der Waals surface area contributed by atoms with Crippen LogP contribution in [0.4, 0.5) is 20.4 Å². The van der Waals surface area contributed by atoms with Crippen LogP contribution in [-0.4, -0.2) is 46.4 Å². The fourth-order valence-corrected chi connectivity index (χ4v) is 2.61. The van der Waals surface area contributed by atoms with E-state index in [1.807, 2.05) is 11.8 Å². The lowest BCUT2D eigenvalue weighted by Gasteiger charge is -2.39. The topological polar surface area (TPSA) is 97.4 Å². The van der Waals surface area contributed by atoms with Gasteiger partial charge < -0.3 is 20.5 Å². The molecule has 0 atom stereocenters. The second-order valence-corrected chi connectivity index (χ2v) is 5.82.